The SMILES string of the molecule is NC1CCc2cnc(C3CCS(=O)(=O)C3)n2C1. The minimum absolute atomic E-state index is 0.0686. The first kappa shape index (κ1) is 11.2. The summed E-state index contributed by atoms with van der Waals surface area (Å²) in [6.07, 6.45) is 4.53. The molecule has 2 N–H and O–H groups in total. The third kappa shape index (κ3) is 1.99. The molecule has 3 heterocycles. The van der Waals surface area contributed by atoms with Crippen LogP contribution in [0, 0.1) is 0 Å². The van der Waals surface area contributed by atoms with Gasteiger partial charge in [-0.2, -0.15) is 0 Å². The molecule has 2 atom stereocenters. The summed E-state index contributed by atoms with van der Waals surface area (Å²) in [5.41, 5.74) is 7.16. The highest BCUT2D eigenvalue weighted by molar-refractivity contribution is 7.91. The van der Waals surface area contributed by atoms with E-state index in [4.69, 9.17) is 5.73 Å². The molecule has 0 radical (unpaired) electrons. The highest BCUT2D eigenvalue weighted by Gasteiger charge is 2.33. The maximum Gasteiger partial charge on any atom is 0.151 e. The topological polar surface area (TPSA) is 78.0 Å². The van der Waals surface area contributed by atoms with Crippen LogP contribution in [0.1, 0.15) is 30.3 Å². The van der Waals surface area contributed by atoms with Crippen LogP contribution in [0.25, 0.3) is 0 Å². The standard InChI is InChI=1S/C11H17N3O2S/c12-9-1-2-10-5-13-11(14(10)6-9)8-3-4-17(15,16)7-8/h5,8-9H,1-4,6-7,12H2. The van der Waals surface area contributed by atoms with Gasteiger partial charge in [-0.15, -0.1) is 0 Å². The second-order valence-corrected chi connectivity index (χ2v) is 7.35. The van der Waals surface area contributed by atoms with E-state index in [0.717, 1.165) is 25.2 Å². The van der Waals surface area contributed by atoms with E-state index < -0.39 is 9.84 Å². The molecule has 3 rings (SSSR count). The molecule has 6 heteroatoms. The van der Waals surface area contributed by atoms with Crippen LogP contribution in [0.5, 0.6) is 0 Å². The van der Waals surface area contributed by atoms with Gasteiger partial charge in [0, 0.05) is 30.4 Å². The van der Waals surface area contributed by atoms with Gasteiger partial charge < -0.3 is 10.3 Å². The molecule has 1 aromatic rings. The average molecular weight is 255 g/mol. The van der Waals surface area contributed by atoms with Gasteiger partial charge in [0.1, 0.15) is 5.82 Å². The molecule has 2 aliphatic heterocycles. The van der Waals surface area contributed by atoms with Gasteiger partial charge in [-0.3, -0.25) is 0 Å². The zero-order chi connectivity index (χ0) is 12.0. The molecule has 1 saturated heterocycles. The van der Waals surface area contributed by atoms with Crippen LogP contribution in [0.15, 0.2) is 6.20 Å². The Morgan fingerprint density at radius 3 is 2.94 bits per heavy atom. The van der Waals surface area contributed by atoms with E-state index >= 15 is 0 Å². The number of nitrogens with zero attached hydrogens (tertiary/aromatic N) is 2. The van der Waals surface area contributed by atoms with E-state index in [2.05, 4.69) is 9.55 Å². The number of fused-ring (bicyclic) bond motifs is 1. The van der Waals surface area contributed by atoms with E-state index in [-0.39, 0.29) is 17.7 Å². The number of hydrogen-bond acceptors (Lipinski definition) is 4. The summed E-state index contributed by atoms with van der Waals surface area (Å²) in [6.45, 7) is 0.779. The molecule has 5 nitrogen and oxygen atoms in total. The Morgan fingerprint density at radius 1 is 1.41 bits per heavy atom. The van der Waals surface area contributed by atoms with Crippen molar-refractivity contribution < 1.29 is 8.42 Å². The Bertz CT molecular complexity index is 535. The van der Waals surface area contributed by atoms with Gasteiger partial charge in [-0.25, -0.2) is 13.4 Å². The van der Waals surface area contributed by atoms with Crippen molar-refractivity contribution in [3.63, 3.8) is 0 Å². The second kappa shape index (κ2) is 3.81. The molecule has 17 heavy (non-hydrogen) atoms. The molecule has 0 aromatic carbocycles. The zero-order valence-electron chi connectivity index (χ0n) is 9.67. The summed E-state index contributed by atoms with van der Waals surface area (Å²) in [7, 11) is -2.85. The van der Waals surface area contributed by atoms with E-state index in [0.29, 0.717) is 12.2 Å². The van der Waals surface area contributed by atoms with Crippen molar-refractivity contribution in [1.29, 1.82) is 0 Å². The van der Waals surface area contributed by atoms with Crippen LogP contribution in [0.4, 0.5) is 0 Å². The predicted octanol–water partition coefficient (Wildman–Crippen LogP) is 0.0587. The molecule has 2 unspecified atom stereocenters. The maximum atomic E-state index is 11.5. The van der Waals surface area contributed by atoms with E-state index in [1.807, 2.05) is 6.20 Å². The quantitative estimate of drug-likeness (QED) is 0.769. The van der Waals surface area contributed by atoms with E-state index in [1.54, 1.807) is 0 Å². The number of aryl methyl sites for hydroxylation is 1. The average Bonchev–Trinajstić information content (AvgIpc) is 2.81. The van der Waals surface area contributed by atoms with Gasteiger partial charge in [-0.05, 0) is 19.3 Å². The lowest BCUT2D eigenvalue weighted by molar-refractivity contribution is 0.441. The predicted molar refractivity (Wildman–Crippen MR) is 64.5 cm³/mol. The molecular weight excluding hydrogens is 238 g/mol. The van der Waals surface area contributed by atoms with Crippen LogP contribution in [0.2, 0.25) is 0 Å². The van der Waals surface area contributed by atoms with Crippen molar-refractivity contribution in [3.05, 3.63) is 17.7 Å². The number of aromatic nitrogens is 2. The fraction of sp³-hybridized carbons (Fsp3) is 0.727. The van der Waals surface area contributed by atoms with Crippen molar-refractivity contribution in [3.8, 4) is 0 Å². The van der Waals surface area contributed by atoms with Crippen molar-refractivity contribution in [2.24, 2.45) is 5.73 Å². The lowest BCUT2D eigenvalue weighted by atomic mass is 10.0. The minimum Gasteiger partial charge on any atom is -0.330 e. The Balaban J connectivity index is 1.92. The zero-order valence-corrected chi connectivity index (χ0v) is 10.5. The highest BCUT2D eigenvalue weighted by atomic mass is 32.2. The normalized spacial score (nSPS) is 31.4. The fourth-order valence-electron chi connectivity index (χ4n) is 2.82. The summed E-state index contributed by atoms with van der Waals surface area (Å²) in [5.74, 6) is 1.54. The third-order valence-electron chi connectivity index (χ3n) is 3.76. The lowest BCUT2D eigenvalue weighted by Gasteiger charge is -2.23. The molecule has 0 bridgehead atoms. The molecule has 1 fully saturated rings. The number of nitrogens with two attached hydrogens (primary N) is 1. The van der Waals surface area contributed by atoms with E-state index in [9.17, 15) is 8.42 Å². The van der Waals surface area contributed by atoms with Crippen molar-refractivity contribution >= 4 is 9.84 Å². The van der Waals surface area contributed by atoms with Gasteiger partial charge in [0.2, 0.25) is 0 Å². The molecule has 2 aliphatic rings. The largest absolute Gasteiger partial charge is 0.330 e. The smallest absolute Gasteiger partial charge is 0.151 e. The Morgan fingerprint density at radius 2 is 2.24 bits per heavy atom. The van der Waals surface area contributed by atoms with Gasteiger partial charge in [0.25, 0.3) is 0 Å². The maximum absolute atomic E-state index is 11.5. The highest BCUT2D eigenvalue weighted by Crippen LogP contribution is 2.30. The number of sulfone groups is 1. The summed E-state index contributed by atoms with van der Waals surface area (Å²) in [6, 6.07) is 0.175. The monoisotopic (exact) mass is 255 g/mol. The van der Waals surface area contributed by atoms with Gasteiger partial charge in [0.15, 0.2) is 9.84 Å². The van der Waals surface area contributed by atoms with Crippen molar-refractivity contribution in [1.82, 2.24) is 9.55 Å². The summed E-state index contributed by atoms with van der Waals surface area (Å²) in [5, 5.41) is 0. The van der Waals surface area contributed by atoms with Crippen LogP contribution >= 0.6 is 0 Å². The molecular formula is C11H17N3O2S. The van der Waals surface area contributed by atoms with Gasteiger partial charge in [-0.1, -0.05) is 0 Å². The van der Waals surface area contributed by atoms with Crippen LogP contribution in [-0.4, -0.2) is 35.5 Å². The summed E-state index contributed by atoms with van der Waals surface area (Å²) < 4.78 is 25.2. The lowest BCUT2D eigenvalue weighted by Crippen LogP contribution is -2.33. The number of imidazole rings is 1. The van der Waals surface area contributed by atoms with Crippen LogP contribution < -0.4 is 5.73 Å². The van der Waals surface area contributed by atoms with Crippen molar-refractivity contribution in [2.75, 3.05) is 11.5 Å². The Labute approximate surface area is 101 Å². The molecule has 1 aromatic heterocycles. The molecule has 0 spiro atoms. The number of rotatable bonds is 1. The van der Waals surface area contributed by atoms with Crippen LogP contribution in [-0.2, 0) is 22.8 Å². The Kier molecular flexibility index (Phi) is 2.52. The molecule has 0 aliphatic carbocycles. The number of hydrogen-bond donors (Lipinski definition) is 1. The fourth-order valence-corrected chi connectivity index (χ4v) is 4.56. The summed E-state index contributed by atoms with van der Waals surface area (Å²) >= 11 is 0. The first-order chi connectivity index (χ1) is 8.05. The third-order valence-corrected chi connectivity index (χ3v) is 5.52. The first-order valence-corrected chi connectivity index (χ1v) is 7.87. The van der Waals surface area contributed by atoms with Crippen LogP contribution in [0.3, 0.4) is 0 Å². The van der Waals surface area contributed by atoms with Gasteiger partial charge in [0.05, 0.1) is 11.5 Å². The molecule has 94 valence electrons. The second-order valence-electron chi connectivity index (χ2n) is 5.12. The molecule has 0 amide bonds. The Hall–Kier alpha value is -0.880. The summed E-state index contributed by atoms with van der Waals surface area (Å²) in [4.78, 5) is 4.42. The van der Waals surface area contributed by atoms with Crippen molar-refractivity contribution in [2.45, 2.75) is 37.8 Å². The van der Waals surface area contributed by atoms with Gasteiger partial charge >= 0.3 is 0 Å². The minimum atomic E-state index is -2.85. The molecule has 0 saturated carbocycles. The first-order valence-electron chi connectivity index (χ1n) is 6.05. The van der Waals surface area contributed by atoms with E-state index in [1.165, 1.54) is 5.69 Å².